The number of hydrogen-bond acceptors (Lipinski definition) is 1. The van der Waals surface area contributed by atoms with Gasteiger partial charge in [0.15, 0.2) is 5.78 Å². The number of unbranched alkanes of at least 4 members (excludes halogenated alkanes) is 1. The molecule has 0 bridgehead atoms. The van der Waals surface area contributed by atoms with Crippen LogP contribution in [0.15, 0.2) is 23.8 Å². The predicted octanol–water partition coefficient (Wildman–Crippen LogP) is 2.63. The molecule has 0 aromatic rings. The molecule has 0 radical (unpaired) electrons. The van der Waals surface area contributed by atoms with Gasteiger partial charge in [0.1, 0.15) is 0 Å². The van der Waals surface area contributed by atoms with E-state index < -0.39 is 0 Å². The molecule has 1 nitrogen and oxygen atoms in total. The third kappa shape index (κ3) is 2.34. The largest absolute Gasteiger partial charge is 0.294 e. The van der Waals surface area contributed by atoms with E-state index in [-0.39, 0.29) is 0 Å². The average molecular weight is 150 g/mol. The van der Waals surface area contributed by atoms with E-state index in [1.54, 1.807) is 0 Å². The van der Waals surface area contributed by atoms with Gasteiger partial charge in [0.25, 0.3) is 0 Å². The van der Waals surface area contributed by atoms with Crippen molar-refractivity contribution in [2.45, 2.75) is 32.6 Å². The van der Waals surface area contributed by atoms with E-state index in [0.29, 0.717) is 12.2 Å². The molecule has 1 heteroatoms. The molecule has 0 aromatic heterocycles. The van der Waals surface area contributed by atoms with Crippen LogP contribution in [0.5, 0.6) is 0 Å². The number of hydrogen-bond donors (Lipinski definition) is 0. The molecule has 0 spiro atoms. The number of carbonyl (C=O) groups excluding carboxylic acids is 1. The highest BCUT2D eigenvalue weighted by Crippen LogP contribution is 2.14. The molecule has 0 aliphatic heterocycles. The molecule has 0 aromatic carbocycles. The number of rotatable bonds is 3. The first kappa shape index (κ1) is 8.25. The van der Waals surface area contributed by atoms with Gasteiger partial charge in [-0.15, -0.1) is 0 Å². The third-order valence-electron chi connectivity index (χ3n) is 1.81. The van der Waals surface area contributed by atoms with E-state index in [4.69, 9.17) is 0 Å². The monoisotopic (exact) mass is 150 g/mol. The summed E-state index contributed by atoms with van der Waals surface area (Å²) in [5, 5.41) is 0. The summed E-state index contributed by atoms with van der Waals surface area (Å²) in [5.74, 6) is 0.303. The first-order valence-corrected chi connectivity index (χ1v) is 4.24. The van der Waals surface area contributed by atoms with Gasteiger partial charge in [0.2, 0.25) is 0 Å². The smallest absolute Gasteiger partial charge is 0.162 e. The Hall–Kier alpha value is -0.850. The minimum atomic E-state index is 0.303. The summed E-state index contributed by atoms with van der Waals surface area (Å²) in [6.45, 7) is 2.13. The summed E-state index contributed by atoms with van der Waals surface area (Å²) in [7, 11) is 0. The second-order valence-corrected chi connectivity index (χ2v) is 2.81. The summed E-state index contributed by atoms with van der Waals surface area (Å²) in [5.41, 5.74) is 0.915. The van der Waals surface area contributed by atoms with Crippen LogP contribution in [0.4, 0.5) is 0 Å². The molecule has 0 fully saturated rings. The predicted molar refractivity (Wildman–Crippen MR) is 46.4 cm³/mol. The highest BCUT2D eigenvalue weighted by molar-refractivity contribution is 6.00. The maximum Gasteiger partial charge on any atom is 0.162 e. The van der Waals surface area contributed by atoms with Crippen molar-refractivity contribution >= 4 is 5.78 Å². The van der Waals surface area contributed by atoms with E-state index in [2.05, 4.69) is 13.0 Å². The minimum absolute atomic E-state index is 0.303. The van der Waals surface area contributed by atoms with E-state index in [9.17, 15) is 4.79 Å². The first-order chi connectivity index (χ1) is 5.34. The molecule has 60 valence electrons. The summed E-state index contributed by atoms with van der Waals surface area (Å²) >= 11 is 0. The van der Waals surface area contributed by atoms with Crippen LogP contribution in [0.3, 0.4) is 0 Å². The van der Waals surface area contributed by atoms with Gasteiger partial charge in [-0.2, -0.15) is 0 Å². The van der Waals surface area contributed by atoms with E-state index in [1.165, 1.54) is 0 Å². The molecule has 1 aliphatic carbocycles. The number of carbonyl (C=O) groups is 1. The van der Waals surface area contributed by atoms with Gasteiger partial charge in [-0.3, -0.25) is 4.79 Å². The highest BCUT2D eigenvalue weighted by atomic mass is 16.1. The zero-order valence-corrected chi connectivity index (χ0v) is 6.97. The second-order valence-electron chi connectivity index (χ2n) is 2.81. The van der Waals surface area contributed by atoms with Crippen molar-refractivity contribution < 1.29 is 4.79 Å². The van der Waals surface area contributed by atoms with Crippen LogP contribution in [0, 0.1) is 0 Å². The fraction of sp³-hybridized carbons (Fsp3) is 0.500. The molecular formula is C10H14O. The van der Waals surface area contributed by atoms with Crippen LogP contribution >= 0.6 is 0 Å². The van der Waals surface area contributed by atoms with Crippen molar-refractivity contribution in [1.29, 1.82) is 0 Å². The molecule has 11 heavy (non-hydrogen) atoms. The normalized spacial score (nSPS) is 17.9. The maximum absolute atomic E-state index is 11.0. The van der Waals surface area contributed by atoms with Gasteiger partial charge >= 0.3 is 0 Å². The van der Waals surface area contributed by atoms with Gasteiger partial charge < -0.3 is 0 Å². The summed E-state index contributed by atoms with van der Waals surface area (Å²) in [6, 6.07) is 0. The number of Topliss-reactive ketones (excluding diaryl/α,β-unsaturated/α-hetero) is 1. The summed E-state index contributed by atoms with van der Waals surface area (Å²) in [4.78, 5) is 11.0. The summed E-state index contributed by atoms with van der Waals surface area (Å²) in [6.07, 6.45) is 9.93. The maximum atomic E-state index is 11.0. The standard InChI is InChI=1S/C10H14O/c1-2-3-4-6-9-7-5-8-10(9)11/h4,6-7H,2-3,5,8H2,1H3. The first-order valence-electron chi connectivity index (χ1n) is 4.24. The molecule has 0 amide bonds. The number of allylic oxidation sites excluding steroid dienone is 4. The Labute approximate surface area is 67.8 Å². The fourth-order valence-electron chi connectivity index (χ4n) is 1.15. The lowest BCUT2D eigenvalue weighted by atomic mass is 10.2. The molecule has 0 saturated carbocycles. The van der Waals surface area contributed by atoms with Crippen molar-refractivity contribution in [3.8, 4) is 0 Å². The van der Waals surface area contributed by atoms with Crippen LogP contribution in [-0.2, 0) is 4.79 Å². The van der Waals surface area contributed by atoms with Crippen molar-refractivity contribution in [2.75, 3.05) is 0 Å². The quantitative estimate of drug-likeness (QED) is 0.604. The molecule has 1 rings (SSSR count). The Kier molecular flexibility index (Phi) is 3.09. The minimum Gasteiger partial charge on any atom is -0.294 e. The zero-order chi connectivity index (χ0) is 8.10. The zero-order valence-electron chi connectivity index (χ0n) is 6.97. The van der Waals surface area contributed by atoms with Crippen LogP contribution in [0.1, 0.15) is 32.6 Å². The van der Waals surface area contributed by atoms with Gasteiger partial charge in [-0.25, -0.2) is 0 Å². The lowest BCUT2D eigenvalue weighted by molar-refractivity contribution is -0.114. The SMILES string of the molecule is CCCC=CC1=CCCC1=O. The van der Waals surface area contributed by atoms with Crippen molar-refractivity contribution in [1.82, 2.24) is 0 Å². The van der Waals surface area contributed by atoms with Gasteiger partial charge in [0.05, 0.1) is 0 Å². The topological polar surface area (TPSA) is 17.1 Å². The molecule has 1 aliphatic rings. The Morgan fingerprint density at radius 3 is 3.00 bits per heavy atom. The highest BCUT2D eigenvalue weighted by Gasteiger charge is 2.10. The Bertz CT molecular complexity index is 199. The van der Waals surface area contributed by atoms with Gasteiger partial charge in [0, 0.05) is 12.0 Å². The molecule has 0 atom stereocenters. The van der Waals surface area contributed by atoms with Crippen molar-refractivity contribution in [3.05, 3.63) is 23.8 Å². The number of ketones is 1. The average Bonchev–Trinajstić information content (AvgIpc) is 2.37. The molecule has 0 saturated heterocycles. The van der Waals surface area contributed by atoms with Gasteiger partial charge in [-0.1, -0.05) is 31.6 Å². The van der Waals surface area contributed by atoms with Crippen molar-refractivity contribution in [2.24, 2.45) is 0 Å². The fourth-order valence-corrected chi connectivity index (χ4v) is 1.15. The second kappa shape index (κ2) is 4.12. The third-order valence-corrected chi connectivity index (χ3v) is 1.81. The summed E-state index contributed by atoms with van der Waals surface area (Å²) < 4.78 is 0. The Balaban J connectivity index is 2.42. The Morgan fingerprint density at radius 1 is 1.64 bits per heavy atom. The lowest BCUT2D eigenvalue weighted by Crippen LogP contribution is -1.91. The van der Waals surface area contributed by atoms with Gasteiger partial charge in [-0.05, 0) is 12.8 Å². The van der Waals surface area contributed by atoms with E-state index in [1.807, 2.05) is 12.2 Å². The van der Waals surface area contributed by atoms with Crippen LogP contribution < -0.4 is 0 Å². The molecule has 0 N–H and O–H groups in total. The van der Waals surface area contributed by atoms with Crippen LogP contribution in [-0.4, -0.2) is 5.78 Å². The van der Waals surface area contributed by atoms with Crippen LogP contribution in [0.2, 0.25) is 0 Å². The van der Waals surface area contributed by atoms with Crippen LogP contribution in [0.25, 0.3) is 0 Å². The molecular weight excluding hydrogens is 136 g/mol. The van der Waals surface area contributed by atoms with E-state index >= 15 is 0 Å². The Morgan fingerprint density at radius 2 is 2.45 bits per heavy atom. The van der Waals surface area contributed by atoms with Crippen molar-refractivity contribution in [3.63, 3.8) is 0 Å². The lowest BCUT2D eigenvalue weighted by Gasteiger charge is -1.89. The molecule has 0 heterocycles. The van der Waals surface area contributed by atoms with E-state index in [0.717, 1.165) is 24.8 Å². The molecule has 0 unspecified atom stereocenters.